The Morgan fingerprint density at radius 1 is 1.15 bits per heavy atom. The summed E-state index contributed by atoms with van der Waals surface area (Å²) in [5.41, 5.74) is 1.67. The molecule has 0 radical (unpaired) electrons. The molecule has 0 fully saturated rings. The number of amides is 1. The lowest BCUT2D eigenvalue weighted by atomic mass is 10.1. The Labute approximate surface area is 157 Å². The first kappa shape index (κ1) is 18.4. The molecule has 1 amide bonds. The fourth-order valence-electron chi connectivity index (χ4n) is 2.68. The fourth-order valence-corrected chi connectivity index (χ4v) is 2.68. The molecule has 0 aliphatic heterocycles. The van der Waals surface area contributed by atoms with Crippen molar-refractivity contribution in [2.75, 3.05) is 14.2 Å². The number of carbonyl (C=O) groups excluding carboxylic acids is 1. The zero-order chi connectivity index (χ0) is 19.2. The van der Waals surface area contributed by atoms with Gasteiger partial charge in [0.25, 0.3) is 0 Å². The van der Waals surface area contributed by atoms with Gasteiger partial charge in [-0.15, -0.1) is 10.2 Å². The number of benzene rings is 2. The topological polar surface area (TPSA) is 91.2 Å². The van der Waals surface area contributed by atoms with Gasteiger partial charge in [0, 0.05) is 11.1 Å². The van der Waals surface area contributed by atoms with Crippen molar-refractivity contribution in [2.24, 2.45) is 0 Å². The summed E-state index contributed by atoms with van der Waals surface area (Å²) in [4.78, 5) is 13.7. The molecule has 27 heavy (non-hydrogen) atoms. The molecule has 3 rings (SSSR count). The zero-order valence-electron chi connectivity index (χ0n) is 15.4. The number of nitrogens with one attached hydrogen (secondary N) is 1. The molecule has 8 nitrogen and oxygen atoms in total. The first-order chi connectivity index (χ1) is 13.1. The van der Waals surface area contributed by atoms with Gasteiger partial charge in [0.05, 0.1) is 20.3 Å². The number of nitrogens with zero attached hydrogens (tertiary/aromatic N) is 4. The van der Waals surface area contributed by atoms with E-state index in [1.807, 2.05) is 49.4 Å². The monoisotopic (exact) mass is 367 g/mol. The number of aromatic nitrogens is 4. The summed E-state index contributed by atoms with van der Waals surface area (Å²) in [7, 11) is 3.18. The fraction of sp³-hybridized carbons (Fsp3) is 0.263. The van der Waals surface area contributed by atoms with Crippen LogP contribution in [-0.2, 0) is 11.3 Å². The van der Waals surface area contributed by atoms with Crippen LogP contribution >= 0.6 is 0 Å². The molecule has 3 aromatic rings. The molecule has 0 saturated carbocycles. The number of hydrogen-bond donors (Lipinski definition) is 1. The lowest BCUT2D eigenvalue weighted by Crippen LogP contribution is -2.31. The lowest BCUT2D eigenvalue weighted by molar-refractivity contribution is -0.122. The maximum Gasteiger partial charge on any atom is 0.244 e. The molecule has 0 unspecified atom stereocenters. The van der Waals surface area contributed by atoms with Gasteiger partial charge >= 0.3 is 0 Å². The van der Waals surface area contributed by atoms with E-state index in [-0.39, 0.29) is 18.5 Å². The third-order valence-corrected chi connectivity index (χ3v) is 4.05. The van der Waals surface area contributed by atoms with Gasteiger partial charge in [0.1, 0.15) is 18.0 Å². The molecule has 0 aliphatic rings. The predicted molar refractivity (Wildman–Crippen MR) is 99.4 cm³/mol. The number of carbonyl (C=O) groups is 1. The smallest absolute Gasteiger partial charge is 0.244 e. The van der Waals surface area contributed by atoms with E-state index in [0.717, 1.165) is 11.1 Å². The van der Waals surface area contributed by atoms with Crippen LogP contribution in [0.3, 0.4) is 0 Å². The average molecular weight is 367 g/mol. The molecule has 2 aromatic carbocycles. The molecule has 1 heterocycles. The van der Waals surface area contributed by atoms with Gasteiger partial charge in [-0.05, 0) is 30.3 Å². The number of hydrogen-bond acceptors (Lipinski definition) is 6. The van der Waals surface area contributed by atoms with Gasteiger partial charge in [0.2, 0.25) is 11.7 Å². The second-order valence-corrected chi connectivity index (χ2v) is 5.91. The second-order valence-electron chi connectivity index (χ2n) is 5.91. The van der Waals surface area contributed by atoms with Crippen LogP contribution in [0.25, 0.3) is 11.4 Å². The highest BCUT2D eigenvalue weighted by atomic mass is 16.5. The Balaban J connectivity index is 1.67. The number of rotatable bonds is 7. The van der Waals surface area contributed by atoms with Gasteiger partial charge in [-0.3, -0.25) is 4.79 Å². The first-order valence-electron chi connectivity index (χ1n) is 8.45. The maximum absolute atomic E-state index is 12.4. The summed E-state index contributed by atoms with van der Waals surface area (Å²) in [6.45, 7) is 1.84. The van der Waals surface area contributed by atoms with Crippen LogP contribution in [0, 0.1) is 0 Å². The van der Waals surface area contributed by atoms with Crippen LogP contribution in [0.2, 0.25) is 0 Å². The summed E-state index contributed by atoms with van der Waals surface area (Å²) >= 11 is 0. The predicted octanol–water partition coefficient (Wildman–Crippen LogP) is 2.23. The van der Waals surface area contributed by atoms with Gasteiger partial charge in [-0.1, -0.05) is 30.3 Å². The maximum atomic E-state index is 12.4. The van der Waals surface area contributed by atoms with E-state index >= 15 is 0 Å². The van der Waals surface area contributed by atoms with Gasteiger partial charge in [-0.2, -0.15) is 4.80 Å². The molecule has 1 N–H and O–H groups in total. The van der Waals surface area contributed by atoms with Gasteiger partial charge in [0.15, 0.2) is 0 Å². The van der Waals surface area contributed by atoms with Crippen molar-refractivity contribution in [3.05, 3.63) is 54.1 Å². The van der Waals surface area contributed by atoms with Crippen LogP contribution in [0.4, 0.5) is 0 Å². The highest BCUT2D eigenvalue weighted by Crippen LogP contribution is 2.29. The van der Waals surface area contributed by atoms with Crippen molar-refractivity contribution in [1.29, 1.82) is 0 Å². The van der Waals surface area contributed by atoms with Gasteiger partial charge < -0.3 is 14.8 Å². The van der Waals surface area contributed by atoms with Crippen molar-refractivity contribution in [3.63, 3.8) is 0 Å². The van der Waals surface area contributed by atoms with E-state index in [1.54, 1.807) is 20.3 Å². The second kappa shape index (κ2) is 8.31. The lowest BCUT2D eigenvalue weighted by Gasteiger charge is -2.18. The normalized spacial score (nSPS) is 11.7. The summed E-state index contributed by atoms with van der Waals surface area (Å²) in [5, 5.41) is 15.1. The third-order valence-electron chi connectivity index (χ3n) is 4.05. The molecule has 0 bridgehead atoms. The summed E-state index contributed by atoms with van der Waals surface area (Å²) in [6, 6.07) is 14.7. The standard InChI is InChI=1S/C19H21N5O3/c1-13(16-11-15(26-2)9-10-17(16)27-3)20-18(25)12-24-22-19(21-23-24)14-7-5-4-6-8-14/h4-11,13H,12H2,1-3H3,(H,20,25)/t13-/m1/s1. The molecule has 0 saturated heterocycles. The third kappa shape index (κ3) is 4.41. The van der Waals surface area contributed by atoms with E-state index in [0.29, 0.717) is 17.3 Å². The quantitative estimate of drug-likeness (QED) is 0.689. The molecule has 0 spiro atoms. The molecule has 1 atom stereocenters. The Morgan fingerprint density at radius 2 is 1.93 bits per heavy atom. The number of methoxy groups -OCH3 is 2. The number of tetrazole rings is 1. The van der Waals surface area contributed by atoms with Crippen molar-refractivity contribution in [3.8, 4) is 22.9 Å². The van der Waals surface area contributed by atoms with E-state index < -0.39 is 0 Å². The minimum atomic E-state index is -0.278. The zero-order valence-corrected chi connectivity index (χ0v) is 15.4. The van der Waals surface area contributed by atoms with Crippen molar-refractivity contribution in [1.82, 2.24) is 25.5 Å². The molecule has 0 aliphatic carbocycles. The van der Waals surface area contributed by atoms with Crippen LogP contribution in [-0.4, -0.2) is 40.3 Å². The largest absolute Gasteiger partial charge is 0.497 e. The van der Waals surface area contributed by atoms with E-state index in [9.17, 15) is 4.79 Å². The van der Waals surface area contributed by atoms with Crippen LogP contribution < -0.4 is 14.8 Å². The van der Waals surface area contributed by atoms with Gasteiger partial charge in [-0.25, -0.2) is 0 Å². The highest BCUT2D eigenvalue weighted by Gasteiger charge is 2.16. The summed E-state index contributed by atoms with van der Waals surface area (Å²) in [6.07, 6.45) is 0. The van der Waals surface area contributed by atoms with Crippen LogP contribution in [0.1, 0.15) is 18.5 Å². The van der Waals surface area contributed by atoms with Crippen LogP contribution in [0.5, 0.6) is 11.5 Å². The summed E-state index contributed by atoms with van der Waals surface area (Å²) in [5.74, 6) is 1.61. The molecular weight excluding hydrogens is 346 g/mol. The first-order valence-corrected chi connectivity index (χ1v) is 8.45. The Bertz CT molecular complexity index is 911. The van der Waals surface area contributed by atoms with Crippen LogP contribution in [0.15, 0.2) is 48.5 Å². The van der Waals surface area contributed by atoms with E-state index in [4.69, 9.17) is 9.47 Å². The summed E-state index contributed by atoms with van der Waals surface area (Å²) < 4.78 is 10.6. The Morgan fingerprint density at radius 3 is 2.63 bits per heavy atom. The van der Waals surface area contributed by atoms with Crippen molar-refractivity contribution in [2.45, 2.75) is 19.5 Å². The minimum absolute atomic E-state index is 0.0313. The number of ether oxygens (including phenoxy) is 2. The molecule has 8 heteroatoms. The van der Waals surface area contributed by atoms with E-state index in [2.05, 4.69) is 20.7 Å². The highest BCUT2D eigenvalue weighted by molar-refractivity contribution is 5.76. The minimum Gasteiger partial charge on any atom is -0.497 e. The van der Waals surface area contributed by atoms with Crippen molar-refractivity contribution < 1.29 is 14.3 Å². The van der Waals surface area contributed by atoms with E-state index in [1.165, 1.54) is 4.80 Å². The SMILES string of the molecule is COc1ccc(OC)c([C@@H](C)NC(=O)Cn2nnc(-c3ccccc3)n2)c1. The molecular formula is C19H21N5O3. The Kier molecular flexibility index (Phi) is 5.65. The Hall–Kier alpha value is -3.42. The molecule has 1 aromatic heterocycles. The van der Waals surface area contributed by atoms with Crippen molar-refractivity contribution >= 4 is 5.91 Å². The molecule has 140 valence electrons. The average Bonchev–Trinajstić information content (AvgIpc) is 3.16.